The third kappa shape index (κ3) is 3.15. The number of hydrogen-bond acceptors (Lipinski definition) is 4. The maximum atomic E-state index is 13.3. The van der Waals surface area contributed by atoms with Gasteiger partial charge in [-0.15, -0.1) is 0 Å². The molecule has 0 amide bonds. The second-order valence-electron chi connectivity index (χ2n) is 3.37. The van der Waals surface area contributed by atoms with Crippen LogP contribution < -0.4 is 11.3 Å². The lowest BCUT2D eigenvalue weighted by Gasteiger charge is -2.17. The van der Waals surface area contributed by atoms with Crippen LogP contribution in [0.1, 0.15) is 18.1 Å². The Kier molecular flexibility index (Phi) is 5.14. The molecule has 0 radical (unpaired) electrons. The number of hydrazine groups is 1. The third-order valence-corrected chi connectivity index (χ3v) is 2.72. The minimum Gasteiger partial charge on any atom is -0.390 e. The molecule has 90 valence electrons. The number of nitrogen functional groups attached to an aromatic ring is 1. The highest BCUT2D eigenvalue weighted by Gasteiger charge is 2.18. The van der Waals surface area contributed by atoms with E-state index < -0.39 is 18.0 Å². The van der Waals surface area contributed by atoms with Crippen LogP contribution in [0.5, 0.6) is 0 Å². The lowest BCUT2D eigenvalue weighted by molar-refractivity contribution is 0.0172. The molecule has 0 saturated heterocycles. The van der Waals surface area contributed by atoms with Gasteiger partial charge >= 0.3 is 0 Å². The fourth-order valence-corrected chi connectivity index (χ4v) is 1.79. The zero-order valence-electron chi connectivity index (χ0n) is 8.53. The first-order valence-corrected chi connectivity index (χ1v) is 5.90. The van der Waals surface area contributed by atoms with Crippen molar-refractivity contribution in [2.75, 3.05) is 10.8 Å². The van der Waals surface area contributed by atoms with Gasteiger partial charge in [0.05, 0.1) is 11.8 Å². The van der Waals surface area contributed by atoms with E-state index in [9.17, 15) is 14.6 Å². The van der Waals surface area contributed by atoms with Gasteiger partial charge in [-0.3, -0.25) is 5.84 Å². The molecule has 2 atom stereocenters. The lowest BCUT2D eigenvalue weighted by atomic mass is 10.0. The Bertz CT molecular complexity index is 352. The van der Waals surface area contributed by atoms with Gasteiger partial charge in [0.1, 0.15) is 11.9 Å². The van der Waals surface area contributed by atoms with E-state index >= 15 is 0 Å². The van der Waals surface area contributed by atoms with Crippen molar-refractivity contribution in [2.24, 2.45) is 5.84 Å². The molecule has 0 fully saturated rings. The molecule has 0 aliphatic rings. The summed E-state index contributed by atoms with van der Waals surface area (Å²) in [6, 6.07) is 4.08. The van der Waals surface area contributed by atoms with Crippen LogP contribution in [0.2, 0.25) is 0 Å². The number of rotatable bonds is 5. The highest BCUT2D eigenvalue weighted by Crippen LogP contribution is 2.23. The number of alkyl halides is 1. The molecule has 0 spiro atoms. The summed E-state index contributed by atoms with van der Waals surface area (Å²) in [4.78, 5) is 0. The summed E-state index contributed by atoms with van der Waals surface area (Å²) in [5, 5.41) is 19.8. The van der Waals surface area contributed by atoms with E-state index in [1.807, 2.05) is 0 Å². The van der Waals surface area contributed by atoms with Gasteiger partial charge in [-0.1, -0.05) is 22.0 Å². The van der Waals surface area contributed by atoms with E-state index in [0.29, 0.717) is 17.3 Å². The van der Waals surface area contributed by atoms with Crippen LogP contribution in [0.25, 0.3) is 0 Å². The van der Waals surface area contributed by atoms with Crippen molar-refractivity contribution in [3.05, 3.63) is 29.6 Å². The number of nitrogens with one attached hydrogen (secondary N) is 1. The predicted octanol–water partition coefficient (Wildman–Crippen LogP) is 1.29. The molecule has 5 N–H and O–H groups in total. The molecule has 0 aliphatic carbocycles. The van der Waals surface area contributed by atoms with E-state index in [1.54, 1.807) is 0 Å². The van der Waals surface area contributed by atoms with E-state index in [-0.39, 0.29) is 5.69 Å². The average molecular weight is 293 g/mol. The largest absolute Gasteiger partial charge is 0.390 e. The molecule has 0 bridgehead atoms. The van der Waals surface area contributed by atoms with Gasteiger partial charge in [-0.05, 0) is 24.1 Å². The Balaban J connectivity index is 2.84. The zero-order valence-corrected chi connectivity index (χ0v) is 10.1. The lowest BCUT2D eigenvalue weighted by Crippen LogP contribution is -2.19. The number of aliphatic hydroxyl groups is 2. The Labute approximate surface area is 101 Å². The normalized spacial score (nSPS) is 14.6. The summed E-state index contributed by atoms with van der Waals surface area (Å²) in [5.74, 6) is 4.51. The number of aliphatic hydroxyl groups excluding tert-OH is 2. The molecule has 0 saturated carbocycles. The molecule has 4 nitrogen and oxygen atoms in total. The smallest absolute Gasteiger partial charge is 0.147 e. The first-order chi connectivity index (χ1) is 7.60. The number of benzene rings is 1. The molecule has 16 heavy (non-hydrogen) atoms. The van der Waals surface area contributed by atoms with E-state index in [1.165, 1.54) is 12.1 Å². The standard InChI is InChI=1S/C10H14BrFN2O2/c11-4-3-9(15)10(16)6-1-2-8(14-13)7(12)5-6/h1-2,5,9-10,14-16H,3-4,13H2. The van der Waals surface area contributed by atoms with Gasteiger partial charge in [0.15, 0.2) is 0 Å². The fourth-order valence-electron chi connectivity index (χ4n) is 1.32. The highest BCUT2D eigenvalue weighted by molar-refractivity contribution is 9.09. The molecule has 1 aromatic carbocycles. The van der Waals surface area contributed by atoms with Gasteiger partial charge in [0.2, 0.25) is 0 Å². The average Bonchev–Trinajstić information content (AvgIpc) is 2.28. The van der Waals surface area contributed by atoms with Gasteiger partial charge < -0.3 is 15.6 Å². The summed E-state index contributed by atoms with van der Waals surface area (Å²) in [6.45, 7) is 0. The Morgan fingerprint density at radius 2 is 2.12 bits per heavy atom. The summed E-state index contributed by atoms with van der Waals surface area (Å²) in [5.41, 5.74) is 2.66. The second kappa shape index (κ2) is 6.15. The molecule has 1 rings (SSSR count). The highest BCUT2D eigenvalue weighted by atomic mass is 79.9. The second-order valence-corrected chi connectivity index (χ2v) is 4.17. The Morgan fingerprint density at radius 3 is 2.62 bits per heavy atom. The number of halogens is 2. The Hall–Kier alpha value is -0.690. The number of nitrogens with two attached hydrogens (primary N) is 1. The first-order valence-electron chi connectivity index (χ1n) is 4.78. The summed E-state index contributed by atoms with van der Waals surface area (Å²) < 4.78 is 13.3. The minimum absolute atomic E-state index is 0.144. The summed E-state index contributed by atoms with van der Waals surface area (Å²) >= 11 is 3.16. The molecule has 6 heteroatoms. The molecule has 2 unspecified atom stereocenters. The monoisotopic (exact) mass is 292 g/mol. The van der Waals surface area contributed by atoms with E-state index in [4.69, 9.17) is 5.84 Å². The zero-order chi connectivity index (χ0) is 12.1. The number of hydrogen-bond donors (Lipinski definition) is 4. The maximum absolute atomic E-state index is 13.3. The van der Waals surface area contributed by atoms with Crippen molar-refractivity contribution in [1.29, 1.82) is 0 Å². The van der Waals surface area contributed by atoms with Crippen molar-refractivity contribution in [1.82, 2.24) is 0 Å². The van der Waals surface area contributed by atoms with Crippen LogP contribution in [0.15, 0.2) is 18.2 Å². The van der Waals surface area contributed by atoms with Crippen molar-refractivity contribution < 1.29 is 14.6 Å². The SMILES string of the molecule is NNc1ccc(C(O)C(O)CCBr)cc1F. The molecule has 0 aromatic heterocycles. The van der Waals surface area contributed by atoms with Gasteiger partial charge in [0.25, 0.3) is 0 Å². The Morgan fingerprint density at radius 1 is 1.44 bits per heavy atom. The minimum atomic E-state index is -1.10. The summed E-state index contributed by atoms with van der Waals surface area (Å²) in [7, 11) is 0. The van der Waals surface area contributed by atoms with Gasteiger partial charge in [-0.25, -0.2) is 4.39 Å². The van der Waals surface area contributed by atoms with Crippen LogP contribution >= 0.6 is 15.9 Å². The quantitative estimate of drug-likeness (QED) is 0.375. The van der Waals surface area contributed by atoms with Crippen LogP contribution in [0.3, 0.4) is 0 Å². The van der Waals surface area contributed by atoms with Crippen LogP contribution in [-0.4, -0.2) is 21.6 Å². The molecule has 1 aromatic rings. The predicted molar refractivity (Wildman–Crippen MR) is 63.6 cm³/mol. The van der Waals surface area contributed by atoms with Crippen molar-refractivity contribution in [2.45, 2.75) is 18.6 Å². The van der Waals surface area contributed by atoms with E-state index in [0.717, 1.165) is 6.07 Å². The van der Waals surface area contributed by atoms with Crippen molar-refractivity contribution >= 4 is 21.6 Å². The van der Waals surface area contributed by atoms with Gasteiger partial charge in [0, 0.05) is 5.33 Å². The topological polar surface area (TPSA) is 78.5 Å². The molecule has 0 heterocycles. The van der Waals surface area contributed by atoms with Crippen LogP contribution in [0, 0.1) is 5.82 Å². The molecular weight excluding hydrogens is 279 g/mol. The molecular formula is C10H14BrFN2O2. The molecule has 0 aliphatic heterocycles. The fraction of sp³-hybridized carbons (Fsp3) is 0.400. The van der Waals surface area contributed by atoms with Gasteiger partial charge in [-0.2, -0.15) is 0 Å². The number of anilines is 1. The van der Waals surface area contributed by atoms with Crippen LogP contribution in [0.4, 0.5) is 10.1 Å². The third-order valence-electron chi connectivity index (χ3n) is 2.26. The van der Waals surface area contributed by atoms with E-state index in [2.05, 4.69) is 21.4 Å². The maximum Gasteiger partial charge on any atom is 0.147 e. The van der Waals surface area contributed by atoms with Crippen LogP contribution in [-0.2, 0) is 0 Å². The van der Waals surface area contributed by atoms with Crippen molar-refractivity contribution in [3.63, 3.8) is 0 Å². The first kappa shape index (κ1) is 13.4. The summed E-state index contributed by atoms with van der Waals surface area (Å²) in [6.07, 6.45) is -1.63. The van der Waals surface area contributed by atoms with Crippen molar-refractivity contribution in [3.8, 4) is 0 Å².